The van der Waals surface area contributed by atoms with Crippen LogP contribution >= 0.6 is 11.6 Å². The normalized spacial score (nSPS) is 17.6. The van der Waals surface area contributed by atoms with Gasteiger partial charge in [-0.25, -0.2) is 0 Å². The van der Waals surface area contributed by atoms with Crippen molar-refractivity contribution in [1.29, 1.82) is 0 Å². The molecule has 1 unspecified atom stereocenters. The number of hydrogen-bond acceptors (Lipinski definition) is 3. The number of carboxylic acid groups (broad SMARTS) is 1. The molecule has 0 radical (unpaired) electrons. The minimum absolute atomic E-state index is 0.0638. The molecule has 1 atom stereocenters. The minimum atomic E-state index is -0.940. The number of likely N-dealkylation sites (tertiary alicyclic amines) is 1. The smallest absolute Gasteiger partial charge is 0.303 e. The van der Waals surface area contributed by atoms with Crippen LogP contribution in [0.3, 0.4) is 0 Å². The van der Waals surface area contributed by atoms with Crippen LogP contribution in [0.2, 0.25) is 5.02 Å². The number of rotatable bonds is 6. The molecule has 0 saturated carbocycles. The van der Waals surface area contributed by atoms with Crippen LogP contribution in [-0.4, -0.2) is 41.6 Å². The molecule has 1 heterocycles. The van der Waals surface area contributed by atoms with E-state index in [4.69, 9.17) is 21.4 Å². The summed E-state index contributed by atoms with van der Waals surface area (Å²) in [5, 5.41) is 9.37. The molecule has 0 aliphatic carbocycles. The third-order valence-corrected chi connectivity index (χ3v) is 4.65. The van der Waals surface area contributed by atoms with Crippen molar-refractivity contribution in [2.24, 2.45) is 5.92 Å². The molecule has 1 aromatic carbocycles. The Labute approximate surface area is 153 Å². The summed E-state index contributed by atoms with van der Waals surface area (Å²) in [5.74, 6) is 0.0569. The predicted molar refractivity (Wildman–Crippen MR) is 97.2 cm³/mol. The molecular weight excluding hydrogens is 342 g/mol. The van der Waals surface area contributed by atoms with Gasteiger partial charge in [0.1, 0.15) is 5.75 Å². The molecule has 0 spiro atoms. The third kappa shape index (κ3) is 5.63. The van der Waals surface area contributed by atoms with E-state index < -0.39 is 5.97 Å². The van der Waals surface area contributed by atoms with Crippen LogP contribution in [0.5, 0.6) is 5.75 Å². The lowest BCUT2D eigenvalue weighted by molar-refractivity contribution is -0.140. The maximum atomic E-state index is 12.0. The standard InChI is InChI=1S/C19H26ClNO4/c1-19(2,3)15-10-14(20)4-5-16(15)25-12-13-8-9-21(11-13)17(22)6-7-18(23)24/h4-5,10,13H,6-9,11-12H2,1-3H3,(H,23,24). The predicted octanol–water partition coefficient (Wildman–Crippen LogP) is 3.73. The molecule has 0 aromatic heterocycles. The maximum Gasteiger partial charge on any atom is 0.303 e. The maximum absolute atomic E-state index is 12.0. The van der Waals surface area contributed by atoms with Gasteiger partial charge in [0.05, 0.1) is 13.0 Å². The topological polar surface area (TPSA) is 66.8 Å². The van der Waals surface area contributed by atoms with Gasteiger partial charge in [0, 0.05) is 36.0 Å². The van der Waals surface area contributed by atoms with Crippen molar-refractivity contribution in [2.75, 3.05) is 19.7 Å². The summed E-state index contributed by atoms with van der Waals surface area (Å²) in [7, 11) is 0. The van der Waals surface area contributed by atoms with Gasteiger partial charge < -0.3 is 14.7 Å². The van der Waals surface area contributed by atoms with Gasteiger partial charge in [0.25, 0.3) is 0 Å². The fraction of sp³-hybridized carbons (Fsp3) is 0.579. The summed E-state index contributed by atoms with van der Waals surface area (Å²) < 4.78 is 6.04. The van der Waals surface area contributed by atoms with Crippen LogP contribution in [0.4, 0.5) is 0 Å². The Balaban J connectivity index is 1.91. The summed E-state index contributed by atoms with van der Waals surface area (Å²) >= 11 is 6.11. The molecule has 1 aliphatic heterocycles. The van der Waals surface area contributed by atoms with Gasteiger partial charge in [-0.2, -0.15) is 0 Å². The lowest BCUT2D eigenvalue weighted by Gasteiger charge is -2.24. The van der Waals surface area contributed by atoms with Gasteiger partial charge in [0.15, 0.2) is 0 Å². The average molecular weight is 368 g/mol. The van der Waals surface area contributed by atoms with E-state index in [1.165, 1.54) is 0 Å². The van der Waals surface area contributed by atoms with Crippen molar-refractivity contribution in [3.63, 3.8) is 0 Å². The first-order valence-corrected chi connectivity index (χ1v) is 8.97. The number of carboxylic acids is 1. The van der Waals surface area contributed by atoms with Gasteiger partial charge in [-0.1, -0.05) is 32.4 Å². The van der Waals surface area contributed by atoms with Gasteiger partial charge in [0.2, 0.25) is 5.91 Å². The van der Waals surface area contributed by atoms with Crippen molar-refractivity contribution < 1.29 is 19.4 Å². The number of carbonyl (C=O) groups is 2. The second kappa shape index (κ2) is 8.09. The number of amides is 1. The second-order valence-corrected chi connectivity index (χ2v) is 8.03. The molecule has 1 fully saturated rings. The molecule has 6 heteroatoms. The molecule has 1 aromatic rings. The van der Waals surface area contributed by atoms with Gasteiger partial charge in [-0.15, -0.1) is 0 Å². The summed E-state index contributed by atoms with van der Waals surface area (Å²) in [6, 6.07) is 5.66. The van der Waals surface area contributed by atoms with E-state index in [2.05, 4.69) is 20.8 Å². The van der Waals surface area contributed by atoms with E-state index in [9.17, 15) is 9.59 Å². The molecule has 0 bridgehead atoms. The summed E-state index contributed by atoms with van der Waals surface area (Å²) in [4.78, 5) is 24.3. The average Bonchev–Trinajstić information content (AvgIpc) is 2.99. The Morgan fingerprint density at radius 1 is 1.32 bits per heavy atom. The van der Waals surface area contributed by atoms with Crippen molar-refractivity contribution in [3.05, 3.63) is 28.8 Å². The van der Waals surface area contributed by atoms with Gasteiger partial charge in [-0.3, -0.25) is 9.59 Å². The molecule has 1 N–H and O–H groups in total. The van der Waals surface area contributed by atoms with E-state index in [1.807, 2.05) is 18.2 Å². The number of aliphatic carboxylic acids is 1. The largest absolute Gasteiger partial charge is 0.493 e. The van der Waals surface area contributed by atoms with Gasteiger partial charge >= 0.3 is 5.97 Å². The van der Waals surface area contributed by atoms with Crippen LogP contribution in [0.15, 0.2) is 18.2 Å². The quantitative estimate of drug-likeness (QED) is 0.831. The van der Waals surface area contributed by atoms with E-state index in [0.29, 0.717) is 24.7 Å². The lowest BCUT2D eigenvalue weighted by atomic mass is 9.86. The highest BCUT2D eigenvalue weighted by Crippen LogP contribution is 2.34. The highest BCUT2D eigenvalue weighted by Gasteiger charge is 2.27. The SMILES string of the molecule is CC(C)(C)c1cc(Cl)ccc1OCC1CCN(C(=O)CCC(=O)O)C1. The first-order valence-electron chi connectivity index (χ1n) is 8.59. The number of hydrogen-bond donors (Lipinski definition) is 1. The van der Waals surface area contributed by atoms with E-state index >= 15 is 0 Å². The van der Waals surface area contributed by atoms with E-state index in [-0.39, 0.29) is 30.1 Å². The highest BCUT2D eigenvalue weighted by molar-refractivity contribution is 6.30. The zero-order valence-electron chi connectivity index (χ0n) is 15.0. The summed E-state index contributed by atoms with van der Waals surface area (Å²) in [5.41, 5.74) is 0.988. The summed E-state index contributed by atoms with van der Waals surface area (Å²) in [6.45, 7) is 8.17. The molecule has 2 rings (SSSR count). The van der Waals surface area contributed by atoms with E-state index in [0.717, 1.165) is 17.7 Å². The first-order chi connectivity index (χ1) is 11.7. The van der Waals surface area contributed by atoms with Gasteiger partial charge in [-0.05, 0) is 30.0 Å². The third-order valence-electron chi connectivity index (χ3n) is 4.42. The molecule has 25 heavy (non-hydrogen) atoms. The number of ether oxygens (including phenoxy) is 1. The Kier molecular flexibility index (Phi) is 6.33. The fourth-order valence-electron chi connectivity index (χ4n) is 2.99. The monoisotopic (exact) mass is 367 g/mol. The molecule has 138 valence electrons. The van der Waals surface area contributed by atoms with Crippen LogP contribution in [0.25, 0.3) is 0 Å². The zero-order chi connectivity index (χ0) is 18.6. The number of carbonyl (C=O) groups excluding carboxylic acids is 1. The highest BCUT2D eigenvalue weighted by atomic mass is 35.5. The number of benzene rings is 1. The minimum Gasteiger partial charge on any atom is -0.493 e. The Morgan fingerprint density at radius 3 is 2.68 bits per heavy atom. The number of nitrogens with zero attached hydrogens (tertiary/aromatic N) is 1. The van der Waals surface area contributed by atoms with Crippen LogP contribution in [0, 0.1) is 5.92 Å². The van der Waals surface area contributed by atoms with E-state index in [1.54, 1.807) is 4.90 Å². The Hall–Kier alpha value is -1.75. The zero-order valence-corrected chi connectivity index (χ0v) is 15.8. The molecular formula is C19H26ClNO4. The van der Waals surface area contributed by atoms with Crippen molar-refractivity contribution in [1.82, 2.24) is 4.90 Å². The molecule has 1 amide bonds. The fourth-order valence-corrected chi connectivity index (χ4v) is 3.16. The van der Waals surface area contributed by atoms with Crippen LogP contribution in [-0.2, 0) is 15.0 Å². The summed E-state index contributed by atoms with van der Waals surface area (Å²) in [6.07, 6.45) is 0.821. The van der Waals surface area contributed by atoms with Crippen molar-refractivity contribution in [3.8, 4) is 5.75 Å². The molecule has 1 aliphatic rings. The van der Waals surface area contributed by atoms with Crippen molar-refractivity contribution >= 4 is 23.5 Å². The van der Waals surface area contributed by atoms with Crippen LogP contribution < -0.4 is 4.74 Å². The number of halogens is 1. The Bertz CT molecular complexity index is 639. The lowest BCUT2D eigenvalue weighted by Crippen LogP contribution is -2.29. The van der Waals surface area contributed by atoms with Crippen LogP contribution in [0.1, 0.15) is 45.6 Å². The molecule has 1 saturated heterocycles. The molecule has 5 nitrogen and oxygen atoms in total. The van der Waals surface area contributed by atoms with Crippen molar-refractivity contribution in [2.45, 2.75) is 45.4 Å². The first kappa shape index (κ1) is 19.6. The second-order valence-electron chi connectivity index (χ2n) is 7.59. The Morgan fingerprint density at radius 2 is 2.04 bits per heavy atom.